The molecule has 5 heteroatoms. The molecule has 1 rings (SSSR count). The number of aromatic carboxylic acids is 1. The van der Waals surface area contributed by atoms with Gasteiger partial charge >= 0.3 is 11.9 Å². The van der Waals surface area contributed by atoms with Crippen molar-refractivity contribution in [3.05, 3.63) is 35.4 Å². The Morgan fingerprint density at radius 3 is 2.20 bits per heavy atom. The van der Waals surface area contributed by atoms with Crippen LogP contribution in [0, 0.1) is 5.41 Å². The quantitative estimate of drug-likeness (QED) is 0.639. The van der Waals surface area contributed by atoms with Crippen LogP contribution in [0.1, 0.15) is 47.9 Å². The number of hydrogen-bond donors (Lipinski definition) is 1. The number of rotatable bonds is 6. The van der Waals surface area contributed by atoms with Crippen molar-refractivity contribution in [2.24, 2.45) is 5.41 Å². The second-order valence-electron chi connectivity index (χ2n) is 5.09. The standard InChI is InChI=1S/C15H18O5/c1-4-15(2,3)14(19)20-9-12(16)10-7-5-6-8-11(10)13(17)18/h5-8H,4,9H2,1-3H3,(H,17,18). The van der Waals surface area contributed by atoms with Crippen molar-refractivity contribution in [3.8, 4) is 0 Å². The van der Waals surface area contributed by atoms with Gasteiger partial charge in [0.1, 0.15) is 0 Å². The molecular weight excluding hydrogens is 260 g/mol. The maximum atomic E-state index is 11.9. The monoisotopic (exact) mass is 278 g/mol. The van der Waals surface area contributed by atoms with Gasteiger partial charge in [0.2, 0.25) is 5.78 Å². The van der Waals surface area contributed by atoms with Gasteiger partial charge in [-0.15, -0.1) is 0 Å². The third kappa shape index (κ3) is 3.66. The summed E-state index contributed by atoms with van der Waals surface area (Å²) in [5.74, 6) is -2.18. The van der Waals surface area contributed by atoms with E-state index in [9.17, 15) is 14.4 Å². The van der Waals surface area contributed by atoms with Crippen molar-refractivity contribution < 1.29 is 24.2 Å². The summed E-state index contributed by atoms with van der Waals surface area (Å²) in [6.07, 6.45) is 0.589. The number of esters is 1. The Balaban J connectivity index is 2.79. The highest BCUT2D eigenvalue weighted by Crippen LogP contribution is 2.21. The fourth-order valence-electron chi connectivity index (χ4n) is 1.46. The lowest BCUT2D eigenvalue weighted by Crippen LogP contribution is -2.28. The third-order valence-electron chi connectivity index (χ3n) is 3.23. The molecule has 0 aliphatic carbocycles. The van der Waals surface area contributed by atoms with Crippen LogP contribution in [0.4, 0.5) is 0 Å². The van der Waals surface area contributed by atoms with Gasteiger partial charge in [0.25, 0.3) is 0 Å². The van der Waals surface area contributed by atoms with Crippen LogP contribution in [-0.4, -0.2) is 29.4 Å². The first-order chi connectivity index (χ1) is 9.29. The van der Waals surface area contributed by atoms with Gasteiger partial charge in [-0.2, -0.15) is 0 Å². The average molecular weight is 278 g/mol. The van der Waals surface area contributed by atoms with Gasteiger partial charge in [-0.1, -0.05) is 25.1 Å². The smallest absolute Gasteiger partial charge is 0.336 e. The van der Waals surface area contributed by atoms with Crippen molar-refractivity contribution >= 4 is 17.7 Å². The zero-order valence-corrected chi connectivity index (χ0v) is 11.8. The van der Waals surface area contributed by atoms with Crippen LogP contribution in [0.5, 0.6) is 0 Å². The number of carbonyl (C=O) groups excluding carboxylic acids is 2. The molecule has 0 aliphatic heterocycles. The molecule has 1 aromatic rings. The molecule has 0 aromatic heterocycles. The molecule has 0 bridgehead atoms. The number of Topliss-reactive ketones (excluding diaryl/α,β-unsaturated/α-hetero) is 1. The van der Waals surface area contributed by atoms with Crippen molar-refractivity contribution in [1.82, 2.24) is 0 Å². The van der Waals surface area contributed by atoms with Gasteiger partial charge in [-0.3, -0.25) is 9.59 Å². The molecule has 0 heterocycles. The van der Waals surface area contributed by atoms with Gasteiger partial charge in [-0.05, 0) is 26.3 Å². The average Bonchev–Trinajstić information content (AvgIpc) is 2.44. The van der Waals surface area contributed by atoms with Crippen molar-refractivity contribution in [3.63, 3.8) is 0 Å². The minimum atomic E-state index is -1.19. The third-order valence-corrected chi connectivity index (χ3v) is 3.23. The molecule has 20 heavy (non-hydrogen) atoms. The van der Waals surface area contributed by atoms with Crippen LogP contribution in [0.3, 0.4) is 0 Å². The van der Waals surface area contributed by atoms with Gasteiger partial charge in [0, 0.05) is 5.56 Å². The minimum absolute atomic E-state index is 0.0436. The van der Waals surface area contributed by atoms with Crippen LogP contribution >= 0.6 is 0 Å². The molecular formula is C15H18O5. The Morgan fingerprint density at radius 1 is 1.15 bits per heavy atom. The Hall–Kier alpha value is -2.17. The van der Waals surface area contributed by atoms with E-state index in [4.69, 9.17) is 9.84 Å². The van der Waals surface area contributed by atoms with E-state index in [0.29, 0.717) is 6.42 Å². The molecule has 0 unspecified atom stereocenters. The first kappa shape index (κ1) is 15.9. The van der Waals surface area contributed by atoms with Crippen LogP contribution < -0.4 is 0 Å². The highest BCUT2D eigenvalue weighted by Gasteiger charge is 2.28. The summed E-state index contributed by atoms with van der Waals surface area (Å²) in [7, 11) is 0. The largest absolute Gasteiger partial charge is 0.478 e. The number of carboxylic acid groups (broad SMARTS) is 1. The van der Waals surface area contributed by atoms with Gasteiger partial charge < -0.3 is 9.84 Å². The molecule has 0 aliphatic rings. The molecule has 0 amide bonds. The Bertz CT molecular complexity index is 531. The lowest BCUT2D eigenvalue weighted by molar-refractivity contribution is -0.152. The Kier molecular flexibility index (Phi) is 5.02. The fourth-order valence-corrected chi connectivity index (χ4v) is 1.46. The molecule has 5 nitrogen and oxygen atoms in total. The highest BCUT2D eigenvalue weighted by atomic mass is 16.5. The number of benzene rings is 1. The number of hydrogen-bond acceptors (Lipinski definition) is 4. The first-order valence-corrected chi connectivity index (χ1v) is 6.32. The van der Waals surface area contributed by atoms with Crippen LogP contribution in [0.2, 0.25) is 0 Å². The molecule has 0 fully saturated rings. The number of carboxylic acids is 1. The summed E-state index contributed by atoms with van der Waals surface area (Å²) in [5, 5.41) is 9.00. The summed E-state index contributed by atoms with van der Waals surface area (Å²) in [5.41, 5.74) is -0.711. The van der Waals surface area contributed by atoms with E-state index in [-0.39, 0.29) is 11.1 Å². The SMILES string of the molecule is CCC(C)(C)C(=O)OCC(=O)c1ccccc1C(=O)O. The van der Waals surface area contributed by atoms with Crippen molar-refractivity contribution in [2.45, 2.75) is 27.2 Å². The summed E-state index contributed by atoms with van der Waals surface area (Å²) in [6.45, 7) is 4.85. The molecule has 0 radical (unpaired) electrons. The normalized spacial score (nSPS) is 10.9. The first-order valence-electron chi connectivity index (χ1n) is 6.32. The van der Waals surface area contributed by atoms with Crippen LogP contribution in [0.25, 0.3) is 0 Å². The van der Waals surface area contributed by atoms with E-state index >= 15 is 0 Å². The maximum absolute atomic E-state index is 11.9. The van der Waals surface area contributed by atoms with Gasteiger partial charge in [0.05, 0.1) is 11.0 Å². The second-order valence-corrected chi connectivity index (χ2v) is 5.09. The molecule has 0 spiro atoms. The molecule has 1 aromatic carbocycles. The summed E-state index contributed by atoms with van der Waals surface area (Å²) in [4.78, 5) is 34.7. The number of ketones is 1. The van der Waals surface area contributed by atoms with Crippen molar-refractivity contribution in [2.75, 3.05) is 6.61 Å². The Morgan fingerprint density at radius 2 is 1.70 bits per heavy atom. The summed E-state index contributed by atoms with van der Waals surface area (Å²) >= 11 is 0. The predicted molar refractivity (Wildman–Crippen MR) is 72.8 cm³/mol. The van der Waals surface area contributed by atoms with Gasteiger partial charge in [-0.25, -0.2) is 4.79 Å². The van der Waals surface area contributed by atoms with E-state index in [0.717, 1.165) is 0 Å². The fraction of sp³-hybridized carbons (Fsp3) is 0.400. The predicted octanol–water partition coefficient (Wildman–Crippen LogP) is 2.55. The number of carbonyl (C=O) groups is 3. The van der Waals surface area contributed by atoms with E-state index in [1.54, 1.807) is 19.9 Å². The zero-order valence-electron chi connectivity index (χ0n) is 11.8. The summed E-state index contributed by atoms with van der Waals surface area (Å²) in [6, 6.07) is 5.85. The van der Waals surface area contributed by atoms with E-state index in [2.05, 4.69) is 0 Å². The molecule has 0 saturated carbocycles. The maximum Gasteiger partial charge on any atom is 0.336 e. The molecule has 108 valence electrons. The minimum Gasteiger partial charge on any atom is -0.478 e. The highest BCUT2D eigenvalue weighted by molar-refractivity contribution is 6.06. The lowest BCUT2D eigenvalue weighted by Gasteiger charge is -2.20. The second kappa shape index (κ2) is 6.32. The van der Waals surface area contributed by atoms with E-state index in [1.165, 1.54) is 18.2 Å². The molecule has 0 saturated heterocycles. The summed E-state index contributed by atoms with van der Waals surface area (Å²) < 4.78 is 4.97. The number of ether oxygens (including phenoxy) is 1. The zero-order chi connectivity index (χ0) is 15.3. The van der Waals surface area contributed by atoms with Crippen molar-refractivity contribution in [1.29, 1.82) is 0 Å². The molecule has 1 N–H and O–H groups in total. The van der Waals surface area contributed by atoms with E-state index < -0.39 is 29.7 Å². The van der Waals surface area contributed by atoms with Crippen LogP contribution in [-0.2, 0) is 9.53 Å². The van der Waals surface area contributed by atoms with Gasteiger partial charge in [0.15, 0.2) is 6.61 Å². The van der Waals surface area contributed by atoms with E-state index in [1.807, 2.05) is 6.92 Å². The topological polar surface area (TPSA) is 80.7 Å². The lowest BCUT2D eigenvalue weighted by atomic mass is 9.91. The Labute approximate surface area is 117 Å². The van der Waals surface area contributed by atoms with Crippen LogP contribution in [0.15, 0.2) is 24.3 Å². The molecule has 0 atom stereocenters.